The van der Waals surface area contributed by atoms with Crippen molar-refractivity contribution >= 4 is 18.3 Å². The zero-order valence-corrected chi connectivity index (χ0v) is 16.1. The van der Waals surface area contributed by atoms with Gasteiger partial charge in [0.15, 0.2) is 0 Å². The third kappa shape index (κ3) is 3.26. The second kappa shape index (κ2) is 8.26. The monoisotopic (exact) mass is 380 g/mol. The van der Waals surface area contributed by atoms with Crippen LogP contribution in [0.1, 0.15) is 24.8 Å². The molecule has 2 aliphatic heterocycles. The van der Waals surface area contributed by atoms with E-state index in [-0.39, 0.29) is 36.4 Å². The summed E-state index contributed by atoms with van der Waals surface area (Å²) in [6, 6.07) is 10.4. The molecule has 3 aliphatic rings. The topological polar surface area (TPSA) is 59.6 Å². The van der Waals surface area contributed by atoms with Crippen LogP contribution < -0.4 is 10.6 Å². The Kier molecular flexibility index (Phi) is 6.23. The summed E-state index contributed by atoms with van der Waals surface area (Å²) >= 11 is 0. The molecule has 0 unspecified atom stereocenters. The highest BCUT2D eigenvalue weighted by molar-refractivity contribution is 5.89. The summed E-state index contributed by atoms with van der Waals surface area (Å²) in [7, 11) is 1.72. The Bertz CT molecular complexity index is 606. The van der Waals surface area contributed by atoms with E-state index < -0.39 is 5.41 Å². The molecule has 1 aromatic carbocycles. The van der Waals surface area contributed by atoms with Crippen molar-refractivity contribution in [2.45, 2.75) is 36.8 Å². The lowest BCUT2D eigenvalue weighted by atomic mass is 9.66. The van der Waals surface area contributed by atoms with Gasteiger partial charge in [0, 0.05) is 31.6 Å². The second-order valence-electron chi connectivity index (χ2n) is 7.60. The molecule has 144 valence electrons. The van der Waals surface area contributed by atoms with Crippen LogP contribution in [0.5, 0.6) is 0 Å². The Hall–Kier alpha value is -1.14. The lowest BCUT2D eigenvalue weighted by molar-refractivity contribution is -0.136. The van der Waals surface area contributed by atoms with E-state index in [2.05, 4.69) is 22.8 Å². The average Bonchev–Trinajstić information content (AvgIpc) is 3.09. The maximum absolute atomic E-state index is 13.4. The van der Waals surface area contributed by atoms with Gasteiger partial charge in [-0.2, -0.15) is 0 Å². The summed E-state index contributed by atoms with van der Waals surface area (Å²) in [6.45, 7) is 3.20. The van der Waals surface area contributed by atoms with Gasteiger partial charge in [0.2, 0.25) is 5.91 Å². The summed E-state index contributed by atoms with van der Waals surface area (Å²) in [4.78, 5) is 13.4. The maximum Gasteiger partial charge on any atom is 0.230 e. The zero-order chi connectivity index (χ0) is 17.3. The molecule has 4 atom stereocenters. The average molecular weight is 381 g/mol. The fourth-order valence-electron chi connectivity index (χ4n) is 4.98. The number of nitrogens with one attached hydrogen (secondary N) is 2. The fourth-order valence-corrected chi connectivity index (χ4v) is 4.98. The lowest BCUT2D eigenvalue weighted by Crippen LogP contribution is -2.65. The van der Waals surface area contributed by atoms with Gasteiger partial charge in [-0.25, -0.2) is 0 Å². The number of carbonyl (C=O) groups is 1. The number of piperidine rings is 1. The first-order valence-corrected chi connectivity index (χ1v) is 9.44. The standard InChI is InChI=1S/C20H28N2O3.ClH/c1-24-13-16-17(15-7-12-25-18(15)16)22-19(23)20(8-10-21-11-9-20)14-5-3-2-4-6-14;/h2-6,15-18,21H,7-13H2,1H3,(H,22,23);1H/t15-,16+,17+,18-;/m0./s1. The first kappa shape index (κ1) is 19.6. The molecule has 0 spiro atoms. The molecule has 0 radical (unpaired) electrons. The molecule has 3 fully saturated rings. The number of rotatable bonds is 5. The number of carbonyl (C=O) groups excluding carboxylic acids is 1. The highest BCUT2D eigenvalue weighted by Gasteiger charge is 2.55. The van der Waals surface area contributed by atoms with Gasteiger partial charge in [-0.1, -0.05) is 30.3 Å². The summed E-state index contributed by atoms with van der Waals surface area (Å²) in [5, 5.41) is 6.80. The predicted octanol–water partition coefficient (Wildman–Crippen LogP) is 1.90. The van der Waals surface area contributed by atoms with Crippen LogP contribution in [0.25, 0.3) is 0 Å². The third-order valence-corrected chi connectivity index (χ3v) is 6.40. The third-order valence-electron chi connectivity index (χ3n) is 6.40. The van der Waals surface area contributed by atoms with E-state index in [4.69, 9.17) is 9.47 Å². The molecular formula is C20H29ClN2O3. The minimum absolute atomic E-state index is 0. The van der Waals surface area contributed by atoms with Crippen LogP contribution in [0.4, 0.5) is 0 Å². The van der Waals surface area contributed by atoms with Crippen molar-refractivity contribution in [3.63, 3.8) is 0 Å². The molecule has 4 rings (SSSR count). The summed E-state index contributed by atoms with van der Waals surface area (Å²) in [5.74, 6) is 0.895. The van der Waals surface area contributed by atoms with Gasteiger partial charge in [-0.3, -0.25) is 4.79 Å². The molecule has 2 saturated heterocycles. The Morgan fingerprint density at radius 1 is 1.31 bits per heavy atom. The molecule has 26 heavy (non-hydrogen) atoms. The van der Waals surface area contributed by atoms with Crippen LogP contribution in [-0.2, 0) is 19.7 Å². The lowest BCUT2D eigenvalue weighted by Gasteiger charge is -2.49. The van der Waals surface area contributed by atoms with Gasteiger partial charge < -0.3 is 20.1 Å². The Labute approximate surface area is 161 Å². The highest BCUT2D eigenvalue weighted by Crippen LogP contribution is 2.44. The van der Waals surface area contributed by atoms with Crippen LogP contribution in [-0.4, -0.2) is 51.5 Å². The molecule has 1 amide bonds. The molecule has 1 aromatic rings. The minimum atomic E-state index is -0.422. The fraction of sp³-hybridized carbons (Fsp3) is 0.650. The molecular weight excluding hydrogens is 352 g/mol. The van der Waals surface area contributed by atoms with Crippen molar-refractivity contribution in [1.29, 1.82) is 0 Å². The van der Waals surface area contributed by atoms with E-state index >= 15 is 0 Å². The number of fused-ring (bicyclic) bond motifs is 1. The number of halogens is 1. The minimum Gasteiger partial charge on any atom is -0.384 e. The SMILES string of the molecule is COC[C@@H]1[C@H](NC(=O)C2(c3ccccc3)CCNCC2)[C@@H]2CCO[C@H]12.Cl. The maximum atomic E-state index is 13.4. The number of methoxy groups -OCH3 is 1. The van der Waals surface area contributed by atoms with Crippen LogP contribution in [0.2, 0.25) is 0 Å². The van der Waals surface area contributed by atoms with Crippen molar-refractivity contribution in [1.82, 2.24) is 10.6 Å². The van der Waals surface area contributed by atoms with Crippen LogP contribution in [0.15, 0.2) is 30.3 Å². The molecule has 6 heteroatoms. The number of amides is 1. The number of hydrogen-bond acceptors (Lipinski definition) is 4. The van der Waals surface area contributed by atoms with Crippen LogP contribution >= 0.6 is 12.4 Å². The van der Waals surface area contributed by atoms with E-state index in [9.17, 15) is 4.79 Å². The van der Waals surface area contributed by atoms with Crippen molar-refractivity contribution in [2.75, 3.05) is 33.4 Å². The van der Waals surface area contributed by atoms with Gasteiger partial charge in [-0.05, 0) is 37.9 Å². The number of benzene rings is 1. The normalized spacial score (nSPS) is 32.0. The molecule has 5 nitrogen and oxygen atoms in total. The van der Waals surface area contributed by atoms with Crippen molar-refractivity contribution in [3.8, 4) is 0 Å². The number of hydrogen-bond donors (Lipinski definition) is 2. The van der Waals surface area contributed by atoms with Gasteiger partial charge in [0.05, 0.1) is 18.1 Å². The summed E-state index contributed by atoms with van der Waals surface area (Å²) in [5.41, 5.74) is 0.713. The first-order valence-electron chi connectivity index (χ1n) is 9.44. The predicted molar refractivity (Wildman–Crippen MR) is 103 cm³/mol. The Balaban J connectivity index is 0.00000196. The first-order chi connectivity index (χ1) is 12.3. The highest BCUT2D eigenvalue weighted by atomic mass is 35.5. The number of ether oxygens (including phenoxy) is 2. The Morgan fingerprint density at radius 2 is 2.04 bits per heavy atom. The second-order valence-corrected chi connectivity index (χ2v) is 7.60. The molecule has 0 aromatic heterocycles. The summed E-state index contributed by atoms with van der Waals surface area (Å²) < 4.78 is 11.2. The molecule has 2 N–H and O–H groups in total. The largest absolute Gasteiger partial charge is 0.384 e. The van der Waals surface area contributed by atoms with E-state index in [1.165, 1.54) is 0 Å². The van der Waals surface area contributed by atoms with Crippen LogP contribution in [0, 0.1) is 11.8 Å². The van der Waals surface area contributed by atoms with Crippen molar-refractivity contribution in [3.05, 3.63) is 35.9 Å². The quantitative estimate of drug-likeness (QED) is 0.819. The smallest absolute Gasteiger partial charge is 0.230 e. The van der Waals surface area contributed by atoms with Gasteiger partial charge in [0.1, 0.15) is 0 Å². The summed E-state index contributed by atoms with van der Waals surface area (Å²) in [6.07, 6.45) is 2.98. The molecule has 1 saturated carbocycles. The van der Waals surface area contributed by atoms with Gasteiger partial charge in [0.25, 0.3) is 0 Å². The van der Waals surface area contributed by atoms with Crippen molar-refractivity contribution in [2.24, 2.45) is 11.8 Å². The zero-order valence-electron chi connectivity index (χ0n) is 15.3. The van der Waals surface area contributed by atoms with E-state index in [1.807, 2.05) is 18.2 Å². The van der Waals surface area contributed by atoms with Gasteiger partial charge in [-0.15, -0.1) is 12.4 Å². The van der Waals surface area contributed by atoms with Crippen LogP contribution in [0.3, 0.4) is 0 Å². The molecule has 2 heterocycles. The van der Waals surface area contributed by atoms with Crippen molar-refractivity contribution < 1.29 is 14.3 Å². The van der Waals surface area contributed by atoms with E-state index in [0.717, 1.165) is 44.5 Å². The Morgan fingerprint density at radius 3 is 2.73 bits per heavy atom. The van der Waals surface area contributed by atoms with Gasteiger partial charge >= 0.3 is 0 Å². The molecule has 0 bridgehead atoms. The molecule has 1 aliphatic carbocycles. The van der Waals surface area contributed by atoms with E-state index in [1.54, 1.807) is 7.11 Å². The van der Waals surface area contributed by atoms with E-state index in [0.29, 0.717) is 12.5 Å².